The molecule has 0 saturated heterocycles. The van der Waals surface area contributed by atoms with Crippen LogP contribution in [0.1, 0.15) is 23.5 Å². The van der Waals surface area contributed by atoms with Crippen LogP contribution in [-0.4, -0.2) is 28.5 Å². The maximum Gasteiger partial charge on any atom is 0.279 e. The van der Waals surface area contributed by atoms with Crippen molar-refractivity contribution in [1.29, 1.82) is 0 Å². The lowest BCUT2D eigenvalue weighted by atomic mass is 9.86. The van der Waals surface area contributed by atoms with Gasteiger partial charge in [-0.2, -0.15) is 4.98 Å². The second-order valence-corrected chi connectivity index (χ2v) is 6.42. The van der Waals surface area contributed by atoms with Gasteiger partial charge in [-0.05, 0) is 24.0 Å². The third-order valence-corrected chi connectivity index (χ3v) is 5.01. The van der Waals surface area contributed by atoms with Gasteiger partial charge in [0, 0.05) is 19.4 Å². The largest absolute Gasteiger partial charge is 0.454 e. The summed E-state index contributed by atoms with van der Waals surface area (Å²) in [5.74, 6) is 1.33. The molecule has 2 aromatic rings. The Morgan fingerprint density at radius 2 is 2.08 bits per heavy atom. The van der Waals surface area contributed by atoms with Crippen molar-refractivity contribution in [1.82, 2.24) is 9.55 Å². The highest BCUT2D eigenvalue weighted by molar-refractivity contribution is 7.98. The molecule has 1 amide bonds. The van der Waals surface area contributed by atoms with Gasteiger partial charge in [-0.25, -0.2) is 0 Å². The van der Waals surface area contributed by atoms with E-state index in [1.54, 1.807) is 17.7 Å². The molecule has 0 fully saturated rings. The van der Waals surface area contributed by atoms with Crippen LogP contribution in [0.2, 0.25) is 0 Å². The van der Waals surface area contributed by atoms with Crippen molar-refractivity contribution in [3.05, 3.63) is 39.7 Å². The average Bonchev–Trinajstić information content (AvgIpc) is 3.04. The monoisotopic (exact) mass is 345 g/mol. The van der Waals surface area contributed by atoms with E-state index in [1.165, 1.54) is 11.8 Å². The molecule has 4 rings (SSSR count). The standard InChI is InChI=1S/C16H15N3O4S/c1-19-14-13(15(21)18-16(19)24-2)9(6-12(20)17-14)8-3-4-10-11(5-8)23-7-22-10/h3-5,9H,6-7H2,1-2H3,(H,17,20). The SMILES string of the molecule is CSc1nc(=O)c2c(n1C)NC(=O)CC2c1ccc2c(c1)OCO2. The number of hydrogen-bond donors (Lipinski definition) is 1. The predicted molar refractivity (Wildman–Crippen MR) is 88.9 cm³/mol. The van der Waals surface area contributed by atoms with Gasteiger partial charge in [0.1, 0.15) is 5.82 Å². The van der Waals surface area contributed by atoms with E-state index in [9.17, 15) is 9.59 Å². The van der Waals surface area contributed by atoms with Crippen molar-refractivity contribution >= 4 is 23.5 Å². The van der Waals surface area contributed by atoms with Gasteiger partial charge in [0.2, 0.25) is 12.7 Å². The van der Waals surface area contributed by atoms with Gasteiger partial charge in [0.15, 0.2) is 16.7 Å². The first-order valence-corrected chi connectivity index (χ1v) is 8.65. The molecule has 0 spiro atoms. The molecule has 2 aliphatic heterocycles. The van der Waals surface area contributed by atoms with E-state index in [4.69, 9.17) is 9.47 Å². The van der Waals surface area contributed by atoms with E-state index in [0.29, 0.717) is 28.0 Å². The maximum atomic E-state index is 12.6. The summed E-state index contributed by atoms with van der Waals surface area (Å²) in [7, 11) is 1.79. The number of amides is 1. The third kappa shape index (κ3) is 2.25. The number of thioether (sulfide) groups is 1. The molecule has 0 aliphatic carbocycles. The zero-order chi connectivity index (χ0) is 16.8. The molecule has 124 valence electrons. The number of benzene rings is 1. The fraction of sp³-hybridized carbons (Fsp3) is 0.312. The minimum absolute atomic E-state index is 0.126. The summed E-state index contributed by atoms with van der Waals surface area (Å²) < 4.78 is 12.5. The fourth-order valence-electron chi connectivity index (χ4n) is 3.13. The lowest BCUT2D eigenvalue weighted by Gasteiger charge is -2.27. The van der Waals surface area contributed by atoms with Crippen LogP contribution >= 0.6 is 11.8 Å². The van der Waals surface area contributed by atoms with Gasteiger partial charge in [0.05, 0.1) is 5.56 Å². The molecule has 24 heavy (non-hydrogen) atoms. The van der Waals surface area contributed by atoms with Crippen LogP contribution in [0.3, 0.4) is 0 Å². The third-order valence-electron chi connectivity index (χ3n) is 4.28. The Morgan fingerprint density at radius 1 is 1.29 bits per heavy atom. The van der Waals surface area contributed by atoms with E-state index in [1.807, 2.05) is 18.4 Å². The van der Waals surface area contributed by atoms with E-state index in [-0.39, 0.29) is 30.6 Å². The molecule has 1 atom stereocenters. The number of carbonyl (C=O) groups is 1. The van der Waals surface area contributed by atoms with Crippen LogP contribution < -0.4 is 20.3 Å². The Labute approximate surface area is 142 Å². The number of hydrogen-bond acceptors (Lipinski definition) is 6. The molecule has 3 heterocycles. The highest BCUT2D eigenvalue weighted by atomic mass is 32.2. The Bertz CT molecular complexity index is 909. The number of rotatable bonds is 2. The van der Waals surface area contributed by atoms with Gasteiger partial charge < -0.3 is 19.4 Å². The Morgan fingerprint density at radius 3 is 2.88 bits per heavy atom. The number of nitrogens with one attached hydrogen (secondary N) is 1. The summed E-state index contributed by atoms with van der Waals surface area (Å²) in [6.45, 7) is 0.181. The van der Waals surface area contributed by atoms with Gasteiger partial charge in [-0.15, -0.1) is 0 Å². The van der Waals surface area contributed by atoms with Crippen LogP contribution in [-0.2, 0) is 11.8 Å². The van der Waals surface area contributed by atoms with Crippen LogP contribution in [0.4, 0.5) is 5.82 Å². The summed E-state index contributed by atoms with van der Waals surface area (Å²) in [6, 6.07) is 5.50. The van der Waals surface area contributed by atoms with Gasteiger partial charge in [-0.3, -0.25) is 9.59 Å². The summed E-state index contributed by atoms with van der Waals surface area (Å²) >= 11 is 1.36. The van der Waals surface area contributed by atoms with E-state index in [0.717, 1.165) is 5.56 Å². The van der Waals surface area contributed by atoms with Crippen molar-refractivity contribution in [3.63, 3.8) is 0 Å². The number of anilines is 1. The lowest BCUT2D eigenvalue weighted by molar-refractivity contribution is -0.116. The first-order chi connectivity index (χ1) is 11.6. The van der Waals surface area contributed by atoms with Gasteiger partial charge in [0.25, 0.3) is 5.56 Å². The Hall–Kier alpha value is -2.48. The number of aromatic nitrogens is 2. The minimum atomic E-state index is -0.356. The number of carbonyl (C=O) groups excluding carboxylic acids is 1. The van der Waals surface area contributed by atoms with Crippen molar-refractivity contribution in [2.24, 2.45) is 7.05 Å². The van der Waals surface area contributed by atoms with Crippen LogP contribution in [0.25, 0.3) is 0 Å². The predicted octanol–water partition coefficient (Wildman–Crippen LogP) is 1.70. The number of fused-ring (bicyclic) bond motifs is 2. The van der Waals surface area contributed by atoms with Crippen LogP contribution in [0.5, 0.6) is 11.5 Å². The second kappa shape index (κ2) is 5.55. The summed E-state index contributed by atoms with van der Waals surface area (Å²) in [6.07, 6.45) is 2.04. The molecule has 0 radical (unpaired) electrons. The highest BCUT2D eigenvalue weighted by Crippen LogP contribution is 2.40. The molecule has 1 aromatic heterocycles. The van der Waals surface area contributed by atoms with Crippen molar-refractivity contribution in [2.45, 2.75) is 17.5 Å². The highest BCUT2D eigenvalue weighted by Gasteiger charge is 2.32. The quantitative estimate of drug-likeness (QED) is 0.659. The van der Waals surface area contributed by atoms with Crippen molar-refractivity contribution < 1.29 is 14.3 Å². The van der Waals surface area contributed by atoms with E-state index in [2.05, 4.69) is 10.3 Å². The molecule has 2 aliphatic rings. The van der Waals surface area contributed by atoms with Crippen LogP contribution in [0.15, 0.2) is 28.2 Å². The smallest absolute Gasteiger partial charge is 0.279 e. The molecule has 1 unspecified atom stereocenters. The molecule has 7 nitrogen and oxygen atoms in total. The number of ether oxygens (including phenoxy) is 2. The topological polar surface area (TPSA) is 82.5 Å². The average molecular weight is 345 g/mol. The first kappa shape index (κ1) is 15.1. The summed E-state index contributed by atoms with van der Waals surface area (Å²) in [5, 5.41) is 3.37. The molecule has 0 bridgehead atoms. The van der Waals surface area contributed by atoms with E-state index < -0.39 is 0 Å². The normalized spacial score (nSPS) is 18.2. The molecule has 0 saturated carbocycles. The lowest BCUT2D eigenvalue weighted by Crippen LogP contribution is -2.33. The molecule has 8 heteroatoms. The van der Waals surface area contributed by atoms with Crippen molar-refractivity contribution in [3.8, 4) is 11.5 Å². The van der Waals surface area contributed by atoms with Gasteiger partial charge >= 0.3 is 0 Å². The zero-order valence-electron chi connectivity index (χ0n) is 13.2. The fourth-order valence-corrected chi connectivity index (χ4v) is 3.67. The van der Waals surface area contributed by atoms with Crippen molar-refractivity contribution in [2.75, 3.05) is 18.4 Å². The molecule has 1 N–H and O–H groups in total. The molecular formula is C16H15N3O4S. The first-order valence-electron chi connectivity index (χ1n) is 7.43. The maximum absolute atomic E-state index is 12.6. The van der Waals surface area contributed by atoms with Gasteiger partial charge in [-0.1, -0.05) is 17.8 Å². The number of nitrogens with zero attached hydrogens (tertiary/aromatic N) is 2. The zero-order valence-corrected chi connectivity index (χ0v) is 14.0. The van der Waals surface area contributed by atoms with Crippen LogP contribution in [0, 0.1) is 0 Å². The minimum Gasteiger partial charge on any atom is -0.454 e. The van der Waals surface area contributed by atoms with E-state index >= 15 is 0 Å². The Kier molecular flexibility index (Phi) is 3.49. The summed E-state index contributed by atoms with van der Waals surface area (Å²) in [4.78, 5) is 28.9. The Balaban J connectivity index is 1.89. The molecule has 1 aromatic carbocycles. The molecular weight excluding hydrogens is 330 g/mol. The summed E-state index contributed by atoms with van der Waals surface area (Å²) in [5.41, 5.74) is 1.04. The second-order valence-electron chi connectivity index (χ2n) is 5.64.